The van der Waals surface area contributed by atoms with Crippen LogP contribution in [0.1, 0.15) is 12.0 Å². The Morgan fingerprint density at radius 3 is 2.21 bits per heavy atom. The number of anilines is 1. The Labute approximate surface area is 253 Å². The average molecular weight is 620 g/mol. The third-order valence-electron chi connectivity index (χ3n) is 5.99. The van der Waals surface area contributed by atoms with Crippen LogP contribution in [0.5, 0.6) is 17.2 Å². The smallest absolute Gasteiger partial charge is 0.493 e. The Balaban J connectivity index is 0.950. The second kappa shape index (κ2) is 17.5. The summed E-state index contributed by atoms with van der Waals surface area (Å²) in [6, 6.07) is 22.1. The topological polar surface area (TPSA) is 83.1 Å². The molecule has 12 heteroatoms. The van der Waals surface area contributed by atoms with E-state index in [0.717, 1.165) is 37.4 Å². The molecule has 3 aromatic carbocycles. The van der Waals surface area contributed by atoms with Gasteiger partial charge in [-0.3, -0.25) is 0 Å². The molecule has 4 rings (SSSR count). The van der Waals surface area contributed by atoms with E-state index in [1.165, 1.54) is 35.1 Å². The van der Waals surface area contributed by atoms with Crippen LogP contribution in [0.4, 0.5) is 18.3 Å². The van der Waals surface area contributed by atoms with Crippen LogP contribution < -0.4 is 24.8 Å². The van der Waals surface area contributed by atoms with Crippen molar-refractivity contribution in [1.29, 1.82) is 0 Å². The zero-order valence-electron chi connectivity index (χ0n) is 23.7. The van der Waals surface area contributed by atoms with E-state index in [9.17, 15) is 13.2 Å². The summed E-state index contributed by atoms with van der Waals surface area (Å²) in [5.74, 6) is 1.34. The highest BCUT2D eigenvalue weighted by atomic mass is 32.1. The Morgan fingerprint density at radius 2 is 1.44 bits per heavy atom. The summed E-state index contributed by atoms with van der Waals surface area (Å²) in [5.41, 5.74) is 1.85. The largest absolute Gasteiger partial charge is 0.573 e. The molecule has 0 aliphatic heterocycles. The maximum Gasteiger partial charge on any atom is 0.573 e. The highest BCUT2D eigenvalue weighted by Gasteiger charge is 2.31. The molecule has 0 saturated heterocycles. The first-order chi connectivity index (χ1) is 20.9. The molecule has 1 aromatic heterocycles. The highest BCUT2D eigenvalue weighted by Crippen LogP contribution is 2.31. The number of alkyl halides is 3. The third-order valence-corrected chi connectivity index (χ3v) is 6.96. The van der Waals surface area contributed by atoms with Crippen molar-refractivity contribution in [3.63, 3.8) is 0 Å². The summed E-state index contributed by atoms with van der Waals surface area (Å²) in [7, 11) is 0. The van der Waals surface area contributed by atoms with Crippen molar-refractivity contribution < 1.29 is 36.9 Å². The van der Waals surface area contributed by atoms with E-state index in [0.29, 0.717) is 61.5 Å². The van der Waals surface area contributed by atoms with Gasteiger partial charge in [0.1, 0.15) is 17.2 Å². The average Bonchev–Trinajstić information content (AvgIpc) is 3.39. The molecule has 0 atom stereocenters. The minimum Gasteiger partial charge on any atom is -0.493 e. The third kappa shape index (κ3) is 12.7. The second-order valence-electron chi connectivity index (χ2n) is 9.36. The van der Waals surface area contributed by atoms with Crippen LogP contribution in [0.3, 0.4) is 0 Å². The number of halogens is 3. The van der Waals surface area contributed by atoms with Crippen molar-refractivity contribution >= 4 is 26.7 Å². The maximum absolute atomic E-state index is 12.4. The van der Waals surface area contributed by atoms with Crippen molar-refractivity contribution in [2.45, 2.75) is 19.2 Å². The van der Waals surface area contributed by atoms with Gasteiger partial charge < -0.3 is 34.3 Å². The fourth-order valence-electron chi connectivity index (χ4n) is 3.97. The molecule has 0 spiro atoms. The molecule has 232 valence electrons. The van der Waals surface area contributed by atoms with E-state index in [4.69, 9.17) is 18.9 Å². The molecule has 0 amide bonds. The highest BCUT2D eigenvalue weighted by molar-refractivity contribution is 7.22. The summed E-state index contributed by atoms with van der Waals surface area (Å²) in [6.07, 6.45) is -2.99. The van der Waals surface area contributed by atoms with E-state index in [1.807, 2.05) is 42.5 Å². The number of fused-ring (bicyclic) bond motifs is 1. The number of aromatic nitrogens is 1. The van der Waals surface area contributed by atoms with Gasteiger partial charge in [-0.25, -0.2) is 4.98 Å². The quantitative estimate of drug-likeness (QED) is 0.111. The summed E-state index contributed by atoms with van der Waals surface area (Å²) in [6.45, 7) is 5.27. The summed E-state index contributed by atoms with van der Waals surface area (Å²) < 4.78 is 64.6. The lowest BCUT2D eigenvalue weighted by atomic mass is 10.2. The van der Waals surface area contributed by atoms with Crippen molar-refractivity contribution in [3.8, 4) is 17.2 Å². The first-order valence-corrected chi connectivity index (χ1v) is 14.9. The zero-order chi connectivity index (χ0) is 30.2. The molecule has 43 heavy (non-hydrogen) atoms. The molecule has 4 aromatic rings. The van der Waals surface area contributed by atoms with E-state index in [1.54, 1.807) is 0 Å². The van der Waals surface area contributed by atoms with Crippen LogP contribution in [-0.4, -0.2) is 70.6 Å². The van der Waals surface area contributed by atoms with E-state index in [-0.39, 0.29) is 5.75 Å². The SMILES string of the molecule is FC(F)(F)Oc1ccc2nc(NCCOCCOCCNCCCOc3cccc(OCCc4ccccc4)c3)sc2c1. The van der Waals surface area contributed by atoms with Gasteiger partial charge in [0, 0.05) is 31.6 Å². The molecule has 1 heterocycles. The van der Waals surface area contributed by atoms with Gasteiger partial charge >= 0.3 is 6.36 Å². The van der Waals surface area contributed by atoms with Gasteiger partial charge in [0.2, 0.25) is 0 Å². The molecule has 0 aliphatic carbocycles. The summed E-state index contributed by atoms with van der Waals surface area (Å²) >= 11 is 1.25. The first kappa shape index (κ1) is 32.3. The predicted octanol–water partition coefficient (Wildman–Crippen LogP) is 6.32. The van der Waals surface area contributed by atoms with Gasteiger partial charge in [0.15, 0.2) is 5.13 Å². The van der Waals surface area contributed by atoms with Crippen LogP contribution in [0, 0.1) is 0 Å². The van der Waals surface area contributed by atoms with Gasteiger partial charge in [-0.2, -0.15) is 0 Å². The minimum atomic E-state index is -4.72. The molecule has 0 aliphatic rings. The van der Waals surface area contributed by atoms with E-state index in [2.05, 4.69) is 32.5 Å². The van der Waals surface area contributed by atoms with Crippen LogP contribution in [-0.2, 0) is 15.9 Å². The molecule has 0 radical (unpaired) electrons. The number of hydrogen-bond donors (Lipinski definition) is 2. The lowest BCUT2D eigenvalue weighted by Gasteiger charge is -2.10. The number of ether oxygens (including phenoxy) is 5. The van der Waals surface area contributed by atoms with Crippen molar-refractivity contribution in [2.75, 3.05) is 64.6 Å². The molecule has 8 nitrogen and oxygen atoms in total. The van der Waals surface area contributed by atoms with Gasteiger partial charge in [-0.15, -0.1) is 13.2 Å². The fourth-order valence-corrected chi connectivity index (χ4v) is 4.89. The maximum atomic E-state index is 12.4. The van der Waals surface area contributed by atoms with Crippen LogP contribution in [0.25, 0.3) is 10.2 Å². The number of rotatable bonds is 20. The lowest BCUT2D eigenvalue weighted by molar-refractivity contribution is -0.274. The number of benzene rings is 3. The molecular formula is C31H36F3N3O5S. The number of nitrogens with zero attached hydrogens (tertiary/aromatic N) is 1. The van der Waals surface area contributed by atoms with Gasteiger partial charge in [0.25, 0.3) is 0 Å². The van der Waals surface area contributed by atoms with Crippen LogP contribution in [0.2, 0.25) is 0 Å². The standard InChI is InChI=1S/C31H36F3N3O5S/c32-31(33,34)42-27-10-11-28-29(23-27)43-30(37-28)36-15-19-39-21-20-38-18-14-35-13-5-16-40-25-8-4-9-26(22-25)41-17-12-24-6-2-1-3-7-24/h1-4,6-11,22-23,35H,5,12-21H2,(H,36,37). The predicted molar refractivity (Wildman–Crippen MR) is 161 cm³/mol. The second-order valence-corrected chi connectivity index (χ2v) is 10.4. The molecule has 0 bridgehead atoms. The summed E-state index contributed by atoms with van der Waals surface area (Å²) in [5, 5.41) is 7.05. The van der Waals surface area contributed by atoms with Gasteiger partial charge in [-0.05, 0) is 42.8 Å². The van der Waals surface area contributed by atoms with Crippen LogP contribution in [0.15, 0.2) is 72.8 Å². The first-order valence-electron chi connectivity index (χ1n) is 14.1. The minimum absolute atomic E-state index is 0.263. The van der Waals surface area contributed by atoms with E-state index >= 15 is 0 Å². The Hall–Kier alpha value is -3.58. The molecule has 0 saturated carbocycles. The fraction of sp³-hybridized carbons (Fsp3) is 0.387. The monoisotopic (exact) mass is 619 g/mol. The van der Waals surface area contributed by atoms with Gasteiger partial charge in [-0.1, -0.05) is 47.7 Å². The Kier molecular flexibility index (Phi) is 13.2. The number of hydrogen-bond acceptors (Lipinski definition) is 9. The molecular weight excluding hydrogens is 583 g/mol. The van der Waals surface area contributed by atoms with E-state index < -0.39 is 6.36 Å². The van der Waals surface area contributed by atoms with Crippen molar-refractivity contribution in [3.05, 3.63) is 78.4 Å². The molecule has 0 fully saturated rings. The normalized spacial score (nSPS) is 11.5. The Bertz CT molecular complexity index is 1360. The van der Waals surface area contributed by atoms with Gasteiger partial charge in [0.05, 0.1) is 49.9 Å². The molecule has 0 unspecified atom stereocenters. The van der Waals surface area contributed by atoms with Crippen molar-refractivity contribution in [2.24, 2.45) is 0 Å². The number of nitrogens with one attached hydrogen (secondary N) is 2. The van der Waals surface area contributed by atoms with Crippen LogP contribution >= 0.6 is 11.3 Å². The lowest BCUT2D eigenvalue weighted by Crippen LogP contribution is -2.23. The summed E-state index contributed by atoms with van der Waals surface area (Å²) in [4.78, 5) is 4.35. The van der Waals surface area contributed by atoms with Crippen molar-refractivity contribution in [1.82, 2.24) is 10.3 Å². The Morgan fingerprint density at radius 1 is 0.698 bits per heavy atom. The number of thiazole rings is 1. The zero-order valence-corrected chi connectivity index (χ0v) is 24.6. The molecule has 2 N–H and O–H groups in total.